The Morgan fingerprint density at radius 1 is 0.889 bits per heavy atom. The van der Waals surface area contributed by atoms with Crippen LogP contribution in [0.2, 0.25) is 0 Å². The van der Waals surface area contributed by atoms with Gasteiger partial charge in [-0.2, -0.15) is 0 Å². The molecule has 0 saturated heterocycles. The lowest BCUT2D eigenvalue weighted by molar-refractivity contribution is -0.166. The van der Waals surface area contributed by atoms with Crippen molar-refractivity contribution < 1.29 is 33.4 Å². The van der Waals surface area contributed by atoms with E-state index in [1.54, 1.807) is 48.5 Å². The van der Waals surface area contributed by atoms with Crippen LogP contribution in [0.4, 0.5) is 0 Å². The Hall–Kier alpha value is -2.61. The van der Waals surface area contributed by atoms with Gasteiger partial charge in [0.25, 0.3) is 0 Å². The lowest BCUT2D eigenvalue weighted by atomic mass is 9.81. The van der Waals surface area contributed by atoms with Crippen molar-refractivity contribution in [2.45, 2.75) is 99.7 Å². The monoisotopic (exact) mass is 506 g/mol. The van der Waals surface area contributed by atoms with Gasteiger partial charge in [-0.3, -0.25) is 24.0 Å². The van der Waals surface area contributed by atoms with Gasteiger partial charge in [-0.15, -0.1) is 0 Å². The van der Waals surface area contributed by atoms with Crippen molar-refractivity contribution in [1.29, 1.82) is 0 Å². The molecule has 0 saturated carbocycles. The van der Waals surface area contributed by atoms with E-state index in [1.165, 1.54) is 13.0 Å². The first-order valence-corrected chi connectivity index (χ1v) is 12.8. The molecular weight excluding hydrogens is 464 g/mol. The zero-order valence-corrected chi connectivity index (χ0v) is 23.0. The van der Waals surface area contributed by atoms with Crippen LogP contribution in [0, 0.1) is 30.6 Å². The van der Waals surface area contributed by atoms with E-state index in [0.29, 0.717) is 17.7 Å². The van der Waals surface area contributed by atoms with Gasteiger partial charge in [-0.25, -0.2) is 0 Å². The number of hydrogen-bond acceptors (Lipinski definition) is 8. The molecule has 0 fully saturated rings. The molecule has 0 radical (unpaired) electrons. The summed E-state index contributed by atoms with van der Waals surface area (Å²) in [5, 5.41) is 10.6. The molecule has 36 heavy (non-hydrogen) atoms. The van der Waals surface area contributed by atoms with Gasteiger partial charge in [0.05, 0.1) is 29.8 Å². The van der Waals surface area contributed by atoms with Crippen molar-refractivity contribution >= 4 is 23.3 Å². The molecule has 0 aliphatic heterocycles. The third-order valence-corrected chi connectivity index (χ3v) is 7.24. The van der Waals surface area contributed by atoms with Crippen molar-refractivity contribution in [3.8, 4) is 0 Å². The van der Waals surface area contributed by atoms with Crippen molar-refractivity contribution in [3.63, 3.8) is 0 Å². The Labute approximate surface area is 213 Å². The molecule has 0 unspecified atom stereocenters. The fraction of sp³-hybridized carbons (Fsp3) is 0.679. The largest absolute Gasteiger partial charge is 0.465 e. The molecule has 1 rings (SSSR count). The van der Waals surface area contributed by atoms with Gasteiger partial charge in [0.15, 0.2) is 5.43 Å². The predicted octanol–water partition coefficient (Wildman–Crippen LogP) is 3.96. The summed E-state index contributed by atoms with van der Waals surface area (Å²) in [4.78, 5) is 63.5. The van der Waals surface area contributed by atoms with Crippen LogP contribution in [-0.2, 0) is 30.3 Å². The quantitative estimate of drug-likeness (QED) is 0.376. The summed E-state index contributed by atoms with van der Waals surface area (Å²) in [5.41, 5.74) is 0.106. The Kier molecular flexibility index (Phi) is 11.9. The summed E-state index contributed by atoms with van der Waals surface area (Å²) in [6, 6.07) is 1.41. The molecule has 1 aromatic heterocycles. The molecule has 0 bridgehead atoms. The van der Waals surface area contributed by atoms with Crippen molar-refractivity contribution in [2.24, 2.45) is 23.7 Å². The van der Waals surface area contributed by atoms with E-state index in [0.717, 1.165) is 0 Å². The third-order valence-electron chi connectivity index (χ3n) is 7.24. The number of rotatable bonds is 14. The minimum atomic E-state index is -1.26. The van der Waals surface area contributed by atoms with Crippen LogP contribution < -0.4 is 5.43 Å². The van der Waals surface area contributed by atoms with Crippen molar-refractivity contribution in [2.75, 3.05) is 0 Å². The molecule has 0 spiro atoms. The summed E-state index contributed by atoms with van der Waals surface area (Å²) < 4.78 is 11.5. The molecule has 1 heterocycles. The number of carbonyl (C=O) groups excluding carboxylic acids is 4. The highest BCUT2D eigenvalue weighted by molar-refractivity contribution is 5.89. The van der Waals surface area contributed by atoms with Gasteiger partial charge in [-0.1, -0.05) is 41.5 Å². The molecule has 0 aliphatic rings. The van der Waals surface area contributed by atoms with Crippen LogP contribution in [0.1, 0.15) is 91.2 Å². The van der Waals surface area contributed by atoms with Crippen molar-refractivity contribution in [3.05, 3.63) is 33.4 Å². The second-order valence-corrected chi connectivity index (χ2v) is 9.73. The second-order valence-electron chi connectivity index (χ2n) is 9.73. The maximum Gasteiger partial charge on any atom is 0.311 e. The first kappa shape index (κ1) is 31.4. The molecule has 1 N–H and O–H groups in total. The number of Topliss-reactive ketones (excluding diaryl/α,β-unsaturated/α-hetero) is 3. The Bertz CT molecular complexity index is 1010. The molecule has 8 heteroatoms. The molecular formula is C28H42O8. The van der Waals surface area contributed by atoms with Crippen LogP contribution in [0.15, 0.2) is 15.3 Å². The topological polar surface area (TPSA) is 128 Å². The molecule has 202 valence electrons. The number of aryl methyl sites for hydroxylation is 1. The number of hydrogen-bond donors (Lipinski definition) is 1. The normalized spacial score (nSPS) is 17.3. The molecule has 8 nitrogen and oxygen atoms in total. The number of aliphatic hydroxyl groups is 1. The van der Waals surface area contributed by atoms with E-state index >= 15 is 0 Å². The SMILES string of the molecule is CCC(=O)[C@@H](C)[C@H](O)[C@H](C)C(=O)O[C@H]([C@H](C)C(=O)CC)[C@@H](C)C(=O)[C@H](C)c1oc(CC)cc(=O)c1C. The zero-order valence-electron chi connectivity index (χ0n) is 23.0. The lowest BCUT2D eigenvalue weighted by Crippen LogP contribution is -2.43. The number of esters is 1. The van der Waals surface area contributed by atoms with Gasteiger partial charge >= 0.3 is 5.97 Å². The maximum atomic E-state index is 13.5. The van der Waals surface area contributed by atoms with Crippen molar-refractivity contribution in [1.82, 2.24) is 0 Å². The van der Waals surface area contributed by atoms with E-state index in [2.05, 4.69) is 0 Å². The third kappa shape index (κ3) is 7.21. The number of ether oxygens (including phenoxy) is 1. The summed E-state index contributed by atoms with van der Waals surface area (Å²) in [7, 11) is 0. The first-order valence-electron chi connectivity index (χ1n) is 12.8. The number of ketones is 3. The fourth-order valence-electron chi connectivity index (χ4n) is 4.36. The van der Waals surface area contributed by atoms with Gasteiger partial charge in [0.1, 0.15) is 35.0 Å². The van der Waals surface area contributed by atoms with Crippen LogP contribution in [0.5, 0.6) is 0 Å². The van der Waals surface area contributed by atoms with Gasteiger partial charge in [0, 0.05) is 36.8 Å². The first-order chi connectivity index (χ1) is 16.7. The minimum absolute atomic E-state index is 0.182. The lowest BCUT2D eigenvalue weighted by Gasteiger charge is -2.31. The average Bonchev–Trinajstić information content (AvgIpc) is 2.88. The van der Waals surface area contributed by atoms with Crippen LogP contribution in [0.25, 0.3) is 0 Å². The summed E-state index contributed by atoms with van der Waals surface area (Å²) in [6.07, 6.45) is -1.45. The van der Waals surface area contributed by atoms with E-state index in [4.69, 9.17) is 9.15 Å². The number of carbonyl (C=O) groups is 4. The minimum Gasteiger partial charge on any atom is -0.465 e. The van der Waals surface area contributed by atoms with E-state index in [-0.39, 0.29) is 41.4 Å². The second kappa shape index (κ2) is 13.6. The Balaban J connectivity index is 3.29. The summed E-state index contributed by atoms with van der Waals surface area (Å²) in [6.45, 7) is 14.6. The maximum absolute atomic E-state index is 13.5. The fourth-order valence-corrected chi connectivity index (χ4v) is 4.36. The highest BCUT2D eigenvalue weighted by Crippen LogP contribution is 2.29. The van der Waals surface area contributed by atoms with Crippen LogP contribution in [-0.4, -0.2) is 40.6 Å². The molecule has 0 aliphatic carbocycles. The average molecular weight is 507 g/mol. The predicted molar refractivity (Wildman–Crippen MR) is 136 cm³/mol. The summed E-state index contributed by atoms with van der Waals surface area (Å²) in [5.74, 6) is -5.07. The van der Waals surface area contributed by atoms with E-state index in [1.807, 2.05) is 6.92 Å². The standard InChI is InChI=1S/C28H42O8/c1-10-20-13-23(31)16(6)26(35-20)17(7)25(33)18(8)27(15(5)22(30)12-3)36-28(34)19(9)24(32)14(4)21(29)11-2/h13-15,17-19,24,27,32H,10-12H2,1-9H3/t14-,15-,17+,18+,19+,24+,27-/m1/s1. The van der Waals surface area contributed by atoms with Crippen LogP contribution >= 0.6 is 0 Å². The molecule has 0 amide bonds. The van der Waals surface area contributed by atoms with E-state index in [9.17, 15) is 29.1 Å². The Morgan fingerprint density at radius 3 is 1.92 bits per heavy atom. The van der Waals surface area contributed by atoms with Crippen LogP contribution in [0.3, 0.4) is 0 Å². The summed E-state index contributed by atoms with van der Waals surface area (Å²) >= 11 is 0. The van der Waals surface area contributed by atoms with Gasteiger partial charge < -0.3 is 14.3 Å². The smallest absolute Gasteiger partial charge is 0.311 e. The molecule has 7 atom stereocenters. The molecule has 1 aromatic rings. The Morgan fingerprint density at radius 2 is 1.42 bits per heavy atom. The van der Waals surface area contributed by atoms with Gasteiger partial charge in [0.2, 0.25) is 0 Å². The highest BCUT2D eigenvalue weighted by Gasteiger charge is 2.40. The van der Waals surface area contributed by atoms with E-state index < -0.39 is 47.8 Å². The zero-order chi connectivity index (χ0) is 27.9. The molecule has 0 aromatic carbocycles. The van der Waals surface area contributed by atoms with Gasteiger partial charge in [-0.05, 0) is 20.8 Å². The highest BCUT2D eigenvalue weighted by atomic mass is 16.5. The number of aliphatic hydroxyl groups excluding tert-OH is 1.